The van der Waals surface area contributed by atoms with Crippen LogP contribution in [-0.2, 0) is 27.3 Å². The fraction of sp³-hybridized carbons (Fsp3) is 0.550. The van der Waals surface area contributed by atoms with Gasteiger partial charge in [-0.2, -0.15) is 0 Å². The largest absolute Gasteiger partial charge is 0.368 e. The summed E-state index contributed by atoms with van der Waals surface area (Å²) in [6.45, 7) is 7.18. The van der Waals surface area contributed by atoms with Gasteiger partial charge in [-0.05, 0) is 45.7 Å². The van der Waals surface area contributed by atoms with Crippen molar-refractivity contribution < 1.29 is 14.3 Å². The number of hydrogen-bond acceptors (Lipinski definition) is 4. The number of aromatic nitrogens is 2. The fourth-order valence-electron chi connectivity index (χ4n) is 3.29. The molecule has 0 saturated carbocycles. The van der Waals surface area contributed by atoms with E-state index in [1.165, 1.54) is 0 Å². The molecular formula is C20H28N4O3. The van der Waals surface area contributed by atoms with Crippen LogP contribution >= 0.6 is 0 Å². The summed E-state index contributed by atoms with van der Waals surface area (Å²) in [4.78, 5) is 29.2. The van der Waals surface area contributed by atoms with E-state index in [-0.39, 0.29) is 30.0 Å². The number of rotatable bonds is 6. The number of fused-ring (bicyclic) bond motifs is 1. The minimum atomic E-state index is -0.332. The zero-order chi connectivity index (χ0) is 19.4. The number of imidazole rings is 1. The van der Waals surface area contributed by atoms with E-state index in [4.69, 9.17) is 4.74 Å². The number of benzene rings is 1. The quantitative estimate of drug-likeness (QED) is 0.810. The maximum absolute atomic E-state index is 12.4. The highest BCUT2D eigenvalue weighted by Crippen LogP contribution is 2.17. The first-order valence-electron chi connectivity index (χ1n) is 9.48. The topological polar surface area (TPSA) is 85.2 Å². The van der Waals surface area contributed by atoms with Gasteiger partial charge in [0.1, 0.15) is 18.5 Å². The smallest absolute Gasteiger partial charge is 0.249 e. The van der Waals surface area contributed by atoms with Crippen LogP contribution in [0.25, 0.3) is 11.0 Å². The standard InChI is InChI=1S/C20H28N4O3/c1-20(2,3)23-18(25)13-24-15-8-5-4-7-14(15)22-17(24)10-11-21-19(26)16-9-6-12-27-16/h4-5,7-8,16H,6,9-13H2,1-3H3,(H,21,26)(H,23,25). The SMILES string of the molecule is CC(C)(C)NC(=O)Cn1c(CCNC(=O)C2CCCO2)nc2ccccc21. The molecule has 2 heterocycles. The van der Waals surface area contributed by atoms with Crippen molar-refractivity contribution in [3.63, 3.8) is 0 Å². The van der Waals surface area contributed by atoms with E-state index in [9.17, 15) is 9.59 Å². The van der Waals surface area contributed by atoms with E-state index in [2.05, 4.69) is 15.6 Å². The number of ether oxygens (including phenoxy) is 1. The van der Waals surface area contributed by atoms with Crippen LogP contribution in [0.5, 0.6) is 0 Å². The van der Waals surface area contributed by atoms with E-state index in [0.29, 0.717) is 19.6 Å². The molecule has 2 N–H and O–H groups in total. The van der Waals surface area contributed by atoms with Crippen molar-refractivity contribution in [2.24, 2.45) is 0 Å². The number of carbonyl (C=O) groups excluding carboxylic acids is 2. The fourth-order valence-corrected chi connectivity index (χ4v) is 3.29. The third-order valence-electron chi connectivity index (χ3n) is 4.42. The minimum Gasteiger partial charge on any atom is -0.368 e. The van der Waals surface area contributed by atoms with Crippen LogP contribution in [-0.4, -0.2) is 46.2 Å². The number of para-hydroxylation sites is 2. The molecule has 27 heavy (non-hydrogen) atoms. The van der Waals surface area contributed by atoms with Gasteiger partial charge in [-0.25, -0.2) is 4.98 Å². The molecule has 7 heteroatoms. The zero-order valence-corrected chi connectivity index (χ0v) is 16.2. The number of amides is 2. The molecule has 0 spiro atoms. The highest BCUT2D eigenvalue weighted by Gasteiger charge is 2.23. The molecule has 7 nitrogen and oxygen atoms in total. The molecule has 1 aromatic carbocycles. The van der Waals surface area contributed by atoms with Gasteiger partial charge >= 0.3 is 0 Å². The first kappa shape index (κ1) is 19.4. The van der Waals surface area contributed by atoms with Crippen LogP contribution in [0, 0.1) is 0 Å². The highest BCUT2D eigenvalue weighted by atomic mass is 16.5. The summed E-state index contributed by atoms with van der Waals surface area (Å²) < 4.78 is 7.33. The summed E-state index contributed by atoms with van der Waals surface area (Å²) in [6.07, 6.45) is 1.92. The summed E-state index contributed by atoms with van der Waals surface area (Å²) in [5, 5.41) is 5.91. The molecule has 1 aliphatic rings. The van der Waals surface area contributed by atoms with Crippen LogP contribution in [0.4, 0.5) is 0 Å². The zero-order valence-electron chi connectivity index (χ0n) is 16.2. The molecule has 0 aliphatic carbocycles. The summed E-state index contributed by atoms with van der Waals surface area (Å²) in [6, 6.07) is 7.76. The van der Waals surface area contributed by atoms with Gasteiger partial charge in [0.05, 0.1) is 11.0 Å². The molecule has 146 valence electrons. The Hall–Kier alpha value is -2.41. The molecule has 1 fully saturated rings. The van der Waals surface area contributed by atoms with Gasteiger partial charge in [0, 0.05) is 25.1 Å². The van der Waals surface area contributed by atoms with E-state index < -0.39 is 0 Å². The van der Waals surface area contributed by atoms with Crippen molar-refractivity contribution in [3.8, 4) is 0 Å². The normalized spacial score (nSPS) is 17.2. The molecule has 1 aromatic heterocycles. The summed E-state index contributed by atoms with van der Waals surface area (Å²) in [7, 11) is 0. The predicted octanol–water partition coefficient (Wildman–Crippen LogP) is 1.79. The van der Waals surface area contributed by atoms with Gasteiger partial charge in [-0.15, -0.1) is 0 Å². The van der Waals surface area contributed by atoms with Gasteiger partial charge < -0.3 is 19.9 Å². The lowest BCUT2D eigenvalue weighted by atomic mass is 10.1. The Labute approximate surface area is 159 Å². The van der Waals surface area contributed by atoms with E-state index in [0.717, 1.165) is 29.7 Å². The lowest BCUT2D eigenvalue weighted by Crippen LogP contribution is -2.42. The van der Waals surface area contributed by atoms with Crippen molar-refractivity contribution in [2.45, 2.75) is 58.2 Å². The third kappa shape index (κ3) is 5.07. The Kier molecular flexibility index (Phi) is 5.79. The van der Waals surface area contributed by atoms with Gasteiger partial charge in [0.15, 0.2) is 0 Å². The van der Waals surface area contributed by atoms with Crippen molar-refractivity contribution in [3.05, 3.63) is 30.1 Å². The van der Waals surface area contributed by atoms with Crippen LogP contribution in [0.15, 0.2) is 24.3 Å². The minimum absolute atomic E-state index is 0.0599. The summed E-state index contributed by atoms with van der Waals surface area (Å²) in [5.41, 5.74) is 1.48. The molecule has 1 aliphatic heterocycles. The van der Waals surface area contributed by atoms with Gasteiger partial charge in [-0.3, -0.25) is 9.59 Å². The second-order valence-electron chi connectivity index (χ2n) is 7.94. The van der Waals surface area contributed by atoms with Crippen molar-refractivity contribution in [1.29, 1.82) is 0 Å². The first-order valence-corrected chi connectivity index (χ1v) is 9.48. The van der Waals surface area contributed by atoms with E-state index >= 15 is 0 Å². The molecule has 1 saturated heterocycles. The van der Waals surface area contributed by atoms with Gasteiger partial charge in [0.25, 0.3) is 0 Å². The van der Waals surface area contributed by atoms with Gasteiger partial charge in [-0.1, -0.05) is 12.1 Å². The maximum Gasteiger partial charge on any atom is 0.249 e. The number of nitrogens with zero attached hydrogens (tertiary/aromatic N) is 2. The Morgan fingerprint density at radius 3 is 2.78 bits per heavy atom. The molecule has 2 amide bonds. The molecule has 0 radical (unpaired) electrons. The molecular weight excluding hydrogens is 344 g/mol. The van der Waals surface area contributed by atoms with Crippen molar-refractivity contribution in [1.82, 2.24) is 20.2 Å². The molecule has 2 aromatic rings. The van der Waals surface area contributed by atoms with E-state index in [1.54, 1.807) is 0 Å². The van der Waals surface area contributed by atoms with Crippen LogP contribution in [0.1, 0.15) is 39.4 Å². The second kappa shape index (κ2) is 8.08. The van der Waals surface area contributed by atoms with E-state index in [1.807, 2.05) is 49.6 Å². The highest BCUT2D eigenvalue weighted by molar-refractivity contribution is 5.82. The van der Waals surface area contributed by atoms with Gasteiger partial charge in [0.2, 0.25) is 11.8 Å². The summed E-state index contributed by atoms with van der Waals surface area (Å²) >= 11 is 0. The van der Waals surface area contributed by atoms with Crippen molar-refractivity contribution in [2.75, 3.05) is 13.2 Å². The van der Waals surface area contributed by atoms with Crippen LogP contribution in [0.2, 0.25) is 0 Å². The molecule has 3 rings (SSSR count). The number of nitrogens with one attached hydrogen (secondary N) is 2. The Morgan fingerprint density at radius 1 is 1.30 bits per heavy atom. The maximum atomic E-state index is 12.4. The van der Waals surface area contributed by atoms with Crippen LogP contribution in [0.3, 0.4) is 0 Å². The summed E-state index contributed by atoms with van der Waals surface area (Å²) in [5.74, 6) is 0.656. The second-order valence-corrected chi connectivity index (χ2v) is 7.94. The van der Waals surface area contributed by atoms with Crippen molar-refractivity contribution >= 4 is 22.8 Å². The Bertz CT molecular complexity index is 816. The average molecular weight is 372 g/mol. The number of hydrogen-bond donors (Lipinski definition) is 2. The van der Waals surface area contributed by atoms with Crippen LogP contribution < -0.4 is 10.6 Å². The monoisotopic (exact) mass is 372 g/mol. The number of carbonyl (C=O) groups is 2. The first-order chi connectivity index (χ1) is 12.8. The lowest BCUT2D eigenvalue weighted by Gasteiger charge is -2.21. The average Bonchev–Trinajstić information content (AvgIpc) is 3.22. The molecule has 1 unspecified atom stereocenters. The molecule has 0 bridgehead atoms. The predicted molar refractivity (Wildman–Crippen MR) is 103 cm³/mol. The molecule has 1 atom stereocenters. The Morgan fingerprint density at radius 2 is 2.07 bits per heavy atom. The third-order valence-corrected chi connectivity index (χ3v) is 4.42. The lowest BCUT2D eigenvalue weighted by molar-refractivity contribution is -0.130. The Balaban J connectivity index is 1.70.